The number of rotatable bonds is 2. The number of aromatic amines is 1. The Balaban J connectivity index is 2.63. The number of nitroso groups, excluding NO2 is 1. The van der Waals surface area contributed by atoms with E-state index in [4.69, 9.17) is 5.73 Å². The molecule has 0 unspecified atom stereocenters. The van der Waals surface area contributed by atoms with Crippen molar-refractivity contribution >= 4 is 23.0 Å². The molecule has 2 rings (SSSR count). The number of nitrogens with one attached hydrogen (secondary N) is 1. The van der Waals surface area contributed by atoms with Gasteiger partial charge in [0.15, 0.2) is 11.6 Å². The van der Waals surface area contributed by atoms with Gasteiger partial charge in [0.25, 0.3) is 5.56 Å². The molecule has 0 radical (unpaired) electrons. The van der Waals surface area contributed by atoms with Crippen LogP contribution in [-0.4, -0.2) is 14.3 Å². The predicted octanol–water partition coefficient (Wildman–Crippen LogP) is 0.873. The lowest BCUT2D eigenvalue weighted by Gasteiger charge is -1.98. The molecular weight excluding hydrogens is 218 g/mol. The zero-order chi connectivity index (χ0) is 10.8. The third-order valence-electron chi connectivity index (χ3n) is 1.69. The molecule has 0 spiro atoms. The summed E-state index contributed by atoms with van der Waals surface area (Å²) >= 11 is 1.22. The lowest BCUT2D eigenvalue weighted by atomic mass is 10.4. The summed E-state index contributed by atoms with van der Waals surface area (Å²) in [7, 11) is 0. The molecule has 2 aromatic heterocycles. The standard InChI is InChI=1S/C7H5N5O2S/c8-5-4(11-14)7(13)10-6(9-5)3-1-2-15-12-3/h1-2H,(H3,8,9,10,13). The molecule has 0 saturated heterocycles. The van der Waals surface area contributed by atoms with Gasteiger partial charge >= 0.3 is 0 Å². The van der Waals surface area contributed by atoms with Crippen molar-refractivity contribution in [1.29, 1.82) is 0 Å². The number of nitrogens with zero attached hydrogens (tertiary/aromatic N) is 3. The summed E-state index contributed by atoms with van der Waals surface area (Å²) < 4.78 is 3.97. The third kappa shape index (κ3) is 1.62. The fourth-order valence-electron chi connectivity index (χ4n) is 1.03. The average Bonchev–Trinajstić information content (AvgIpc) is 2.69. The average molecular weight is 223 g/mol. The summed E-state index contributed by atoms with van der Waals surface area (Å²) in [6.45, 7) is 0. The van der Waals surface area contributed by atoms with Gasteiger partial charge in [0, 0.05) is 5.38 Å². The summed E-state index contributed by atoms with van der Waals surface area (Å²) in [6.07, 6.45) is 0. The van der Waals surface area contributed by atoms with Crippen LogP contribution in [0.25, 0.3) is 11.5 Å². The van der Waals surface area contributed by atoms with Gasteiger partial charge in [-0.3, -0.25) is 4.79 Å². The molecule has 0 atom stereocenters. The van der Waals surface area contributed by atoms with E-state index in [1.807, 2.05) is 0 Å². The molecule has 0 fully saturated rings. The van der Waals surface area contributed by atoms with Crippen molar-refractivity contribution in [3.8, 4) is 11.5 Å². The van der Waals surface area contributed by atoms with E-state index in [0.717, 1.165) is 0 Å². The molecule has 0 bridgehead atoms. The van der Waals surface area contributed by atoms with Crippen LogP contribution in [0, 0.1) is 4.91 Å². The molecule has 0 aliphatic carbocycles. The highest BCUT2D eigenvalue weighted by molar-refractivity contribution is 7.03. The first kappa shape index (κ1) is 9.46. The molecular formula is C7H5N5O2S. The Morgan fingerprint density at radius 1 is 1.53 bits per heavy atom. The van der Waals surface area contributed by atoms with Crippen molar-refractivity contribution in [3.63, 3.8) is 0 Å². The first-order valence-corrected chi connectivity index (χ1v) is 4.70. The highest BCUT2D eigenvalue weighted by Gasteiger charge is 2.11. The summed E-state index contributed by atoms with van der Waals surface area (Å²) in [5.41, 5.74) is 4.82. The number of aromatic nitrogens is 3. The van der Waals surface area contributed by atoms with Gasteiger partial charge in [-0.05, 0) is 22.8 Å². The van der Waals surface area contributed by atoms with Gasteiger partial charge in [0.2, 0.25) is 5.69 Å². The van der Waals surface area contributed by atoms with E-state index in [9.17, 15) is 9.70 Å². The monoisotopic (exact) mass is 223 g/mol. The second-order valence-electron chi connectivity index (χ2n) is 2.62. The van der Waals surface area contributed by atoms with Gasteiger partial charge in [-0.2, -0.15) is 4.37 Å². The lowest BCUT2D eigenvalue weighted by molar-refractivity contribution is 1.11. The molecule has 2 aromatic rings. The number of nitrogen functional groups attached to an aromatic ring is 1. The molecule has 3 N–H and O–H groups in total. The first-order chi connectivity index (χ1) is 7.22. The first-order valence-electron chi connectivity index (χ1n) is 3.86. The Labute approximate surface area is 87.1 Å². The van der Waals surface area contributed by atoms with Crippen LogP contribution in [0.4, 0.5) is 11.5 Å². The van der Waals surface area contributed by atoms with Crippen molar-refractivity contribution in [2.45, 2.75) is 0 Å². The van der Waals surface area contributed by atoms with E-state index in [-0.39, 0.29) is 11.6 Å². The molecule has 0 aromatic carbocycles. The van der Waals surface area contributed by atoms with Gasteiger partial charge in [0.1, 0.15) is 5.69 Å². The predicted molar refractivity (Wildman–Crippen MR) is 55.8 cm³/mol. The maximum absolute atomic E-state index is 11.3. The minimum atomic E-state index is -0.666. The second-order valence-corrected chi connectivity index (χ2v) is 3.29. The zero-order valence-corrected chi connectivity index (χ0v) is 8.11. The van der Waals surface area contributed by atoms with Crippen LogP contribution in [0.2, 0.25) is 0 Å². The van der Waals surface area contributed by atoms with Crippen molar-refractivity contribution in [2.75, 3.05) is 5.73 Å². The van der Waals surface area contributed by atoms with Crippen molar-refractivity contribution < 1.29 is 0 Å². The van der Waals surface area contributed by atoms with Gasteiger partial charge in [-0.1, -0.05) is 0 Å². The van der Waals surface area contributed by atoms with Crippen LogP contribution in [0.15, 0.2) is 21.4 Å². The van der Waals surface area contributed by atoms with Gasteiger partial charge in [-0.15, -0.1) is 4.91 Å². The zero-order valence-electron chi connectivity index (χ0n) is 7.30. The topological polar surface area (TPSA) is 114 Å². The van der Waals surface area contributed by atoms with Gasteiger partial charge < -0.3 is 10.7 Å². The SMILES string of the molecule is Nc1nc(-c2ccsn2)[nH]c(=O)c1N=O. The lowest BCUT2D eigenvalue weighted by Crippen LogP contribution is -2.11. The maximum Gasteiger partial charge on any atom is 0.282 e. The molecule has 8 heteroatoms. The second kappa shape index (κ2) is 3.58. The van der Waals surface area contributed by atoms with E-state index < -0.39 is 11.2 Å². The van der Waals surface area contributed by atoms with Gasteiger partial charge in [0.05, 0.1) is 0 Å². The Bertz CT molecular complexity index is 547. The Kier molecular flexibility index (Phi) is 2.26. The van der Waals surface area contributed by atoms with E-state index >= 15 is 0 Å². The molecule has 15 heavy (non-hydrogen) atoms. The van der Waals surface area contributed by atoms with Crippen LogP contribution < -0.4 is 11.3 Å². The van der Waals surface area contributed by atoms with E-state index in [1.54, 1.807) is 11.4 Å². The van der Waals surface area contributed by atoms with E-state index in [1.165, 1.54) is 11.5 Å². The van der Waals surface area contributed by atoms with E-state index in [2.05, 4.69) is 19.5 Å². The number of hydrogen-bond donors (Lipinski definition) is 2. The fourth-order valence-corrected chi connectivity index (χ4v) is 1.54. The summed E-state index contributed by atoms with van der Waals surface area (Å²) in [5.74, 6) is 0.0305. The molecule has 7 nitrogen and oxygen atoms in total. The third-order valence-corrected chi connectivity index (χ3v) is 2.25. The number of anilines is 1. The number of hydrogen-bond acceptors (Lipinski definition) is 7. The molecule has 0 amide bonds. The largest absolute Gasteiger partial charge is 0.382 e. The summed E-state index contributed by atoms with van der Waals surface area (Å²) in [5, 5.41) is 4.23. The molecule has 76 valence electrons. The fraction of sp³-hybridized carbons (Fsp3) is 0. The van der Waals surface area contributed by atoms with Crippen LogP contribution in [0.5, 0.6) is 0 Å². The number of H-pyrrole nitrogens is 1. The van der Waals surface area contributed by atoms with E-state index in [0.29, 0.717) is 5.69 Å². The minimum Gasteiger partial charge on any atom is -0.382 e. The Morgan fingerprint density at radius 2 is 2.33 bits per heavy atom. The Morgan fingerprint density at radius 3 is 2.87 bits per heavy atom. The van der Waals surface area contributed by atoms with Gasteiger partial charge in [-0.25, -0.2) is 4.98 Å². The minimum absolute atomic E-state index is 0.197. The van der Waals surface area contributed by atoms with Crippen LogP contribution in [-0.2, 0) is 0 Å². The summed E-state index contributed by atoms with van der Waals surface area (Å²) in [4.78, 5) is 27.7. The molecule has 0 saturated carbocycles. The number of nitrogens with two attached hydrogens (primary N) is 1. The highest BCUT2D eigenvalue weighted by Crippen LogP contribution is 2.18. The maximum atomic E-state index is 11.3. The van der Waals surface area contributed by atoms with Crippen molar-refractivity contribution in [1.82, 2.24) is 14.3 Å². The quantitative estimate of drug-likeness (QED) is 0.733. The van der Waals surface area contributed by atoms with Crippen LogP contribution in [0.1, 0.15) is 0 Å². The molecule has 2 heterocycles. The normalized spacial score (nSPS) is 10.1. The van der Waals surface area contributed by atoms with Crippen molar-refractivity contribution in [3.05, 3.63) is 26.7 Å². The molecule has 0 aliphatic rings. The van der Waals surface area contributed by atoms with Crippen molar-refractivity contribution in [2.24, 2.45) is 5.18 Å². The van der Waals surface area contributed by atoms with Crippen LogP contribution >= 0.6 is 11.5 Å². The smallest absolute Gasteiger partial charge is 0.282 e. The van der Waals surface area contributed by atoms with Crippen LogP contribution in [0.3, 0.4) is 0 Å². The highest BCUT2D eigenvalue weighted by atomic mass is 32.1. The summed E-state index contributed by atoms with van der Waals surface area (Å²) in [6, 6.07) is 1.68. The Hall–Kier alpha value is -2.09. The molecule has 0 aliphatic heterocycles.